The molecule has 0 aromatic heterocycles. The zero-order valence-electron chi connectivity index (χ0n) is 25.2. The van der Waals surface area contributed by atoms with Gasteiger partial charge in [-0.05, 0) is 18.8 Å². The first-order valence-electron chi connectivity index (χ1n) is 14.5. The Morgan fingerprint density at radius 2 is 1.53 bits per heavy atom. The summed E-state index contributed by atoms with van der Waals surface area (Å²) in [6.45, 7) is -0.491. The summed E-state index contributed by atoms with van der Waals surface area (Å²) in [6, 6.07) is 2.33. The first-order chi connectivity index (χ1) is 23.0. The molecule has 11 nitrogen and oxygen atoms in total. The second-order valence-corrected chi connectivity index (χ2v) is 13.2. The number of carboxylic acids is 1. The molecular formula is C31H23Cl2F5N2O9. The Bertz CT molecular complexity index is 1900. The van der Waals surface area contributed by atoms with Gasteiger partial charge >= 0.3 is 5.97 Å². The zero-order valence-corrected chi connectivity index (χ0v) is 26.7. The van der Waals surface area contributed by atoms with Gasteiger partial charge in [0.25, 0.3) is 11.8 Å². The Kier molecular flexibility index (Phi) is 8.13. The van der Waals surface area contributed by atoms with Crippen LogP contribution in [0.5, 0.6) is 17.2 Å². The van der Waals surface area contributed by atoms with Crippen LogP contribution in [-0.4, -0.2) is 75.2 Å². The molecule has 6 rings (SSSR count). The molecule has 0 spiro atoms. The number of benzene rings is 2. The molecule has 2 N–H and O–H groups in total. The van der Waals surface area contributed by atoms with Crippen LogP contribution in [0.2, 0.25) is 0 Å². The van der Waals surface area contributed by atoms with Gasteiger partial charge in [0, 0.05) is 30.2 Å². The summed E-state index contributed by atoms with van der Waals surface area (Å²) in [5.74, 6) is -25.2. The average Bonchev–Trinajstić information content (AvgIpc) is 3.39. The van der Waals surface area contributed by atoms with Crippen LogP contribution in [-0.2, 0) is 24.0 Å². The van der Waals surface area contributed by atoms with E-state index in [0.717, 1.165) is 18.1 Å². The topological polar surface area (TPSA) is 151 Å². The number of allylic oxidation sites excluding steroid dienone is 2. The maximum atomic E-state index is 15.2. The predicted octanol–water partition coefficient (Wildman–Crippen LogP) is 4.14. The number of fused-ring (bicyclic) bond motifs is 4. The fourth-order valence-corrected chi connectivity index (χ4v) is 8.46. The zero-order chi connectivity index (χ0) is 36.1. The van der Waals surface area contributed by atoms with Crippen molar-refractivity contribution in [2.24, 2.45) is 17.8 Å². The normalized spacial score (nSPS) is 29.1. The van der Waals surface area contributed by atoms with E-state index >= 15 is 8.78 Å². The number of phenols is 1. The molecule has 2 aromatic carbocycles. The van der Waals surface area contributed by atoms with Crippen molar-refractivity contribution in [2.45, 2.75) is 34.9 Å². The highest BCUT2D eigenvalue weighted by Gasteiger charge is 2.77. The lowest BCUT2D eigenvalue weighted by atomic mass is 9.56. The van der Waals surface area contributed by atoms with Crippen molar-refractivity contribution in [1.82, 2.24) is 4.90 Å². The van der Waals surface area contributed by atoms with Crippen molar-refractivity contribution in [3.8, 4) is 17.2 Å². The number of hydrogen-bond acceptors (Lipinski definition) is 8. The molecular weight excluding hydrogens is 710 g/mol. The minimum atomic E-state index is -2.89. The largest absolute Gasteiger partial charge is 0.507 e. The number of carbonyl (C=O) groups excluding carboxylic acids is 4. The van der Waals surface area contributed by atoms with Crippen LogP contribution in [0.3, 0.4) is 0 Å². The van der Waals surface area contributed by atoms with E-state index < -0.39 is 123 Å². The van der Waals surface area contributed by atoms with E-state index in [1.54, 1.807) is 0 Å². The van der Waals surface area contributed by atoms with E-state index in [4.69, 9.17) is 37.8 Å². The fourth-order valence-electron chi connectivity index (χ4n) is 7.54. The Morgan fingerprint density at radius 1 is 0.918 bits per heavy atom. The summed E-state index contributed by atoms with van der Waals surface area (Å²) in [4.78, 5) is 61.6. The van der Waals surface area contributed by atoms with E-state index in [1.165, 1.54) is 19.3 Å². The molecule has 4 amide bonds. The van der Waals surface area contributed by atoms with Gasteiger partial charge in [0.1, 0.15) is 22.9 Å². The lowest BCUT2D eigenvalue weighted by molar-refractivity contribution is -0.142. The molecule has 6 atom stereocenters. The first-order valence-corrected chi connectivity index (χ1v) is 15.2. The number of carboxylic acid groups (broad SMARTS) is 1. The number of anilines is 1. The number of alkyl halides is 2. The van der Waals surface area contributed by atoms with Gasteiger partial charge in [0.15, 0.2) is 33.0 Å². The lowest BCUT2D eigenvalue weighted by Crippen LogP contribution is -2.60. The third-order valence-electron chi connectivity index (χ3n) is 9.70. The summed E-state index contributed by atoms with van der Waals surface area (Å²) in [5, 5.41) is 20.5. The van der Waals surface area contributed by atoms with Gasteiger partial charge in [-0.2, -0.15) is 0 Å². The van der Waals surface area contributed by atoms with Gasteiger partial charge in [-0.25, -0.2) is 26.9 Å². The van der Waals surface area contributed by atoms with Crippen molar-refractivity contribution in [1.29, 1.82) is 0 Å². The smallest absolute Gasteiger partial charge is 0.305 e. The summed E-state index contributed by atoms with van der Waals surface area (Å²) < 4.78 is 83.8. The minimum absolute atomic E-state index is 0.0337. The molecule has 1 saturated carbocycles. The van der Waals surface area contributed by atoms with Crippen LogP contribution < -0.4 is 14.4 Å². The number of likely N-dealkylation sites (tertiary alicyclic amines) is 1. The van der Waals surface area contributed by atoms with Crippen molar-refractivity contribution in [2.75, 3.05) is 25.7 Å². The highest BCUT2D eigenvalue weighted by Crippen LogP contribution is 2.67. The van der Waals surface area contributed by atoms with Gasteiger partial charge in [-0.1, -0.05) is 11.6 Å². The number of aliphatic carboxylic acids is 1. The molecule has 18 heteroatoms. The summed E-state index contributed by atoms with van der Waals surface area (Å²) >= 11 is 14.1. The number of imide groups is 2. The second kappa shape index (κ2) is 11.6. The minimum Gasteiger partial charge on any atom is -0.507 e. The fraction of sp³-hybridized carbons (Fsp3) is 0.387. The van der Waals surface area contributed by atoms with Crippen LogP contribution in [0.25, 0.3) is 0 Å². The molecule has 49 heavy (non-hydrogen) atoms. The molecule has 2 saturated heterocycles. The highest BCUT2D eigenvalue weighted by atomic mass is 35.5. The van der Waals surface area contributed by atoms with Crippen LogP contribution in [0, 0.1) is 46.8 Å². The van der Waals surface area contributed by atoms with Crippen LogP contribution in [0.4, 0.5) is 27.6 Å². The molecule has 0 bridgehead atoms. The molecule has 4 aliphatic rings. The number of aromatic hydroxyl groups is 1. The second-order valence-electron chi connectivity index (χ2n) is 11.9. The van der Waals surface area contributed by atoms with Crippen LogP contribution >= 0.6 is 23.2 Å². The number of phenolic OH excluding ortho intramolecular Hbond substituents is 1. The maximum Gasteiger partial charge on any atom is 0.305 e. The van der Waals surface area contributed by atoms with E-state index in [0.29, 0.717) is 0 Å². The van der Waals surface area contributed by atoms with Crippen LogP contribution in [0.1, 0.15) is 30.7 Å². The number of nitrogens with zero attached hydrogens (tertiary/aromatic N) is 2. The predicted molar refractivity (Wildman–Crippen MR) is 157 cm³/mol. The SMILES string of the molecule is COc1cc(O)c(C2C3=CCC4C(=O)N(CCC(=O)O)C(=O)C4C3CC3(Cl)C(=O)N(c4c(F)c(F)c(F)c(F)c4F)C(=O)C23Cl)c(OC)c1. The number of methoxy groups -OCH3 is 2. The van der Waals surface area contributed by atoms with Crippen molar-refractivity contribution in [3.05, 3.63) is 58.4 Å². The van der Waals surface area contributed by atoms with Crippen LogP contribution in [0.15, 0.2) is 23.8 Å². The molecule has 2 heterocycles. The molecule has 2 aromatic rings. The number of amides is 4. The summed E-state index contributed by atoms with van der Waals surface area (Å²) in [5.41, 5.74) is -2.21. The third kappa shape index (κ3) is 4.48. The molecule has 6 unspecified atom stereocenters. The average molecular weight is 733 g/mol. The van der Waals surface area contributed by atoms with Gasteiger partial charge < -0.3 is 19.7 Å². The summed E-state index contributed by atoms with van der Waals surface area (Å²) in [7, 11) is 2.40. The number of halogens is 7. The Labute approximate surface area is 282 Å². The van der Waals surface area contributed by atoms with Crippen molar-refractivity contribution >= 4 is 58.5 Å². The molecule has 2 aliphatic heterocycles. The van der Waals surface area contributed by atoms with Crippen molar-refractivity contribution < 1.29 is 65.6 Å². The third-order valence-corrected chi connectivity index (χ3v) is 11.1. The Balaban J connectivity index is 1.61. The highest BCUT2D eigenvalue weighted by molar-refractivity contribution is 6.58. The number of carbonyl (C=O) groups is 5. The first kappa shape index (κ1) is 34.4. The van der Waals surface area contributed by atoms with Gasteiger partial charge in [-0.15, -0.1) is 23.2 Å². The van der Waals surface area contributed by atoms with E-state index in [1.807, 2.05) is 0 Å². The van der Waals surface area contributed by atoms with Gasteiger partial charge in [0.05, 0.1) is 32.5 Å². The van der Waals surface area contributed by atoms with E-state index in [-0.39, 0.29) is 34.0 Å². The summed E-state index contributed by atoms with van der Waals surface area (Å²) in [6.07, 6.45) is -0.115. The molecule has 260 valence electrons. The molecule has 2 aliphatic carbocycles. The van der Waals surface area contributed by atoms with E-state index in [2.05, 4.69) is 0 Å². The molecule has 0 radical (unpaired) electrons. The number of hydrogen-bond donors (Lipinski definition) is 2. The van der Waals surface area contributed by atoms with E-state index in [9.17, 15) is 42.3 Å². The Morgan fingerprint density at radius 3 is 2.10 bits per heavy atom. The quantitative estimate of drug-likeness (QED) is 0.107. The standard InChI is InChI=1S/C31H23Cl2F5N2O9/c1-48-10-7-14(41)18(15(8-10)49-2)19-11-3-4-12-17(27(45)39(26(12)44)6-5-16(42)43)13(11)9-30(32)28(46)40(29(47)31(19,30)33)25-23(37)21(35)20(34)22(36)24(25)38/h3,7-8,12-13,17,19,41H,4-6,9H2,1-2H3,(H,42,43). The molecule has 3 fully saturated rings. The monoisotopic (exact) mass is 732 g/mol. The van der Waals surface area contributed by atoms with Gasteiger partial charge in [-0.3, -0.25) is 28.9 Å². The van der Waals surface area contributed by atoms with Gasteiger partial charge in [0.2, 0.25) is 17.6 Å². The maximum absolute atomic E-state index is 15.2. The Hall–Kier alpha value is -4.44. The number of rotatable bonds is 7. The number of ether oxygens (including phenoxy) is 2. The van der Waals surface area contributed by atoms with Crippen molar-refractivity contribution in [3.63, 3.8) is 0 Å². The lowest BCUT2D eigenvalue weighted by Gasteiger charge is -2.50.